The molecule has 1 amide bonds. The summed E-state index contributed by atoms with van der Waals surface area (Å²) in [7, 11) is 0. The predicted octanol–water partition coefficient (Wildman–Crippen LogP) is 0.955. The molecule has 0 saturated heterocycles. The van der Waals surface area contributed by atoms with Crippen molar-refractivity contribution >= 4 is 21.8 Å². The number of nitrogens with one attached hydrogen (secondary N) is 1. The smallest absolute Gasteiger partial charge is 0.253 e. The number of rotatable bonds is 3. The number of carbonyl (C=O) groups excluding carboxylic acids is 1. The van der Waals surface area contributed by atoms with Gasteiger partial charge in [-0.05, 0) is 28.9 Å². The number of aliphatic hydroxyl groups is 1. The number of carbonyl (C=O) groups is 1. The molecule has 0 aliphatic rings. The summed E-state index contributed by atoms with van der Waals surface area (Å²) in [5.41, 5.74) is 0.472. The summed E-state index contributed by atoms with van der Waals surface area (Å²) in [5.74, 6) is -0.236. The zero-order valence-corrected chi connectivity index (χ0v) is 9.28. The molecular formula is C9H11BrN2O2. The van der Waals surface area contributed by atoms with Gasteiger partial charge in [-0.15, -0.1) is 0 Å². The summed E-state index contributed by atoms with van der Waals surface area (Å²) in [4.78, 5) is 15.4. The Balaban J connectivity index is 2.70. The molecule has 0 saturated carbocycles. The van der Waals surface area contributed by atoms with Crippen molar-refractivity contribution in [2.24, 2.45) is 0 Å². The number of pyridine rings is 1. The van der Waals surface area contributed by atoms with Gasteiger partial charge < -0.3 is 10.4 Å². The van der Waals surface area contributed by atoms with Crippen molar-refractivity contribution in [2.75, 3.05) is 6.61 Å². The zero-order chi connectivity index (χ0) is 10.6. The minimum absolute atomic E-state index is 0.0762. The van der Waals surface area contributed by atoms with Crippen LogP contribution < -0.4 is 5.32 Å². The summed E-state index contributed by atoms with van der Waals surface area (Å²) in [5, 5.41) is 11.4. The van der Waals surface area contributed by atoms with Crippen LogP contribution in [0.5, 0.6) is 0 Å². The lowest BCUT2D eigenvalue weighted by atomic mass is 10.2. The molecule has 0 bridgehead atoms. The summed E-state index contributed by atoms with van der Waals surface area (Å²) in [6, 6.07) is 1.42. The highest BCUT2D eigenvalue weighted by Gasteiger charge is 2.09. The zero-order valence-electron chi connectivity index (χ0n) is 7.70. The molecule has 1 heterocycles. The molecule has 1 atom stereocenters. The molecule has 0 aromatic carbocycles. The lowest BCUT2D eigenvalue weighted by Gasteiger charge is -2.10. The van der Waals surface area contributed by atoms with Crippen LogP contribution in [0.3, 0.4) is 0 Å². The van der Waals surface area contributed by atoms with E-state index in [9.17, 15) is 4.79 Å². The van der Waals surface area contributed by atoms with E-state index in [2.05, 4.69) is 26.2 Å². The van der Waals surface area contributed by atoms with E-state index in [0.29, 0.717) is 5.56 Å². The van der Waals surface area contributed by atoms with E-state index in [0.717, 1.165) is 4.47 Å². The lowest BCUT2D eigenvalue weighted by molar-refractivity contribution is 0.0922. The maximum absolute atomic E-state index is 11.5. The van der Waals surface area contributed by atoms with Crippen molar-refractivity contribution < 1.29 is 9.90 Å². The molecule has 14 heavy (non-hydrogen) atoms. The number of aromatic nitrogens is 1. The average molecular weight is 259 g/mol. The summed E-state index contributed by atoms with van der Waals surface area (Å²) in [6.45, 7) is 1.65. The fraction of sp³-hybridized carbons (Fsp3) is 0.333. The third-order valence-corrected chi connectivity index (χ3v) is 2.05. The molecule has 1 rings (SSSR count). The number of hydrogen-bond donors (Lipinski definition) is 2. The molecule has 2 N–H and O–H groups in total. The van der Waals surface area contributed by atoms with E-state index in [-0.39, 0.29) is 18.6 Å². The number of amides is 1. The van der Waals surface area contributed by atoms with Crippen molar-refractivity contribution in [3.05, 3.63) is 28.5 Å². The summed E-state index contributed by atoms with van der Waals surface area (Å²) >= 11 is 3.22. The van der Waals surface area contributed by atoms with Crippen LogP contribution in [0.2, 0.25) is 0 Å². The molecule has 0 unspecified atom stereocenters. The van der Waals surface area contributed by atoms with E-state index in [1.807, 2.05) is 0 Å². The Bertz CT molecular complexity index is 330. The van der Waals surface area contributed by atoms with E-state index in [1.165, 1.54) is 6.20 Å². The first-order valence-electron chi connectivity index (χ1n) is 4.15. The van der Waals surface area contributed by atoms with Crippen LogP contribution in [0.4, 0.5) is 0 Å². The molecule has 5 heteroatoms. The quantitative estimate of drug-likeness (QED) is 0.849. The fourth-order valence-corrected chi connectivity index (χ4v) is 1.25. The van der Waals surface area contributed by atoms with Gasteiger partial charge in [0, 0.05) is 22.9 Å². The first kappa shape index (κ1) is 11.1. The first-order valence-corrected chi connectivity index (χ1v) is 4.95. The van der Waals surface area contributed by atoms with Crippen LogP contribution in [-0.4, -0.2) is 28.6 Å². The number of nitrogens with zero attached hydrogens (tertiary/aromatic N) is 1. The topological polar surface area (TPSA) is 62.2 Å². The van der Waals surface area contributed by atoms with Crippen molar-refractivity contribution in [3.8, 4) is 0 Å². The predicted molar refractivity (Wildman–Crippen MR) is 56.0 cm³/mol. The maximum Gasteiger partial charge on any atom is 0.253 e. The van der Waals surface area contributed by atoms with Crippen LogP contribution in [0.1, 0.15) is 17.3 Å². The van der Waals surface area contributed by atoms with Crippen LogP contribution in [0, 0.1) is 0 Å². The first-order chi connectivity index (χ1) is 6.63. The Hall–Kier alpha value is -0.940. The van der Waals surface area contributed by atoms with Crippen LogP contribution in [0.25, 0.3) is 0 Å². The molecule has 0 fully saturated rings. The van der Waals surface area contributed by atoms with E-state index < -0.39 is 0 Å². The monoisotopic (exact) mass is 258 g/mol. The van der Waals surface area contributed by atoms with Gasteiger partial charge in [0.15, 0.2) is 0 Å². The molecule has 76 valence electrons. The maximum atomic E-state index is 11.5. The molecule has 0 radical (unpaired) electrons. The Kier molecular flexibility index (Phi) is 4.03. The molecule has 4 nitrogen and oxygen atoms in total. The van der Waals surface area contributed by atoms with Crippen LogP contribution in [-0.2, 0) is 0 Å². The standard InChI is InChI=1S/C9H11BrN2O2/c1-6(5-13)12-9(14)7-2-8(10)4-11-3-7/h2-4,6,13H,5H2,1H3,(H,12,14)/t6-/m1/s1. The lowest BCUT2D eigenvalue weighted by Crippen LogP contribution is -2.35. The van der Waals surface area contributed by atoms with Gasteiger partial charge in [0.2, 0.25) is 0 Å². The Morgan fingerprint density at radius 1 is 1.71 bits per heavy atom. The minimum Gasteiger partial charge on any atom is -0.394 e. The van der Waals surface area contributed by atoms with Gasteiger partial charge in [-0.2, -0.15) is 0 Å². The van der Waals surface area contributed by atoms with Crippen LogP contribution in [0.15, 0.2) is 22.9 Å². The van der Waals surface area contributed by atoms with Crippen molar-refractivity contribution in [1.82, 2.24) is 10.3 Å². The second-order valence-electron chi connectivity index (χ2n) is 2.95. The van der Waals surface area contributed by atoms with E-state index >= 15 is 0 Å². The van der Waals surface area contributed by atoms with Crippen molar-refractivity contribution in [2.45, 2.75) is 13.0 Å². The second kappa shape index (κ2) is 5.07. The molecule has 0 aliphatic heterocycles. The van der Waals surface area contributed by atoms with Gasteiger partial charge in [-0.25, -0.2) is 0 Å². The third kappa shape index (κ3) is 3.08. The summed E-state index contributed by atoms with van der Waals surface area (Å²) < 4.78 is 0.752. The van der Waals surface area contributed by atoms with Gasteiger partial charge in [-0.3, -0.25) is 9.78 Å². The summed E-state index contributed by atoms with van der Waals surface area (Å²) in [6.07, 6.45) is 3.08. The highest BCUT2D eigenvalue weighted by Crippen LogP contribution is 2.09. The Labute approximate surface area is 90.5 Å². The third-order valence-electron chi connectivity index (χ3n) is 1.62. The minimum atomic E-state index is -0.249. The molecule has 1 aromatic rings. The molecule has 0 spiro atoms. The normalized spacial score (nSPS) is 12.2. The van der Waals surface area contributed by atoms with Crippen molar-refractivity contribution in [1.29, 1.82) is 0 Å². The number of aliphatic hydroxyl groups excluding tert-OH is 1. The second-order valence-corrected chi connectivity index (χ2v) is 3.86. The van der Waals surface area contributed by atoms with E-state index in [1.54, 1.807) is 19.2 Å². The number of hydrogen-bond acceptors (Lipinski definition) is 3. The highest BCUT2D eigenvalue weighted by atomic mass is 79.9. The van der Waals surface area contributed by atoms with Gasteiger partial charge in [0.05, 0.1) is 12.2 Å². The fourth-order valence-electron chi connectivity index (χ4n) is 0.889. The SMILES string of the molecule is C[C@H](CO)NC(=O)c1cncc(Br)c1. The largest absolute Gasteiger partial charge is 0.394 e. The average Bonchev–Trinajstić information content (AvgIpc) is 2.17. The number of halogens is 1. The van der Waals surface area contributed by atoms with Gasteiger partial charge in [0.1, 0.15) is 0 Å². The van der Waals surface area contributed by atoms with Crippen LogP contribution >= 0.6 is 15.9 Å². The van der Waals surface area contributed by atoms with Crippen molar-refractivity contribution in [3.63, 3.8) is 0 Å². The van der Waals surface area contributed by atoms with E-state index in [4.69, 9.17) is 5.11 Å². The van der Waals surface area contributed by atoms with Gasteiger partial charge in [0.25, 0.3) is 5.91 Å². The molecule has 1 aromatic heterocycles. The molecular weight excluding hydrogens is 248 g/mol. The highest BCUT2D eigenvalue weighted by molar-refractivity contribution is 9.10. The Morgan fingerprint density at radius 2 is 2.43 bits per heavy atom. The Morgan fingerprint density at radius 3 is 3.00 bits per heavy atom. The van der Waals surface area contributed by atoms with Gasteiger partial charge in [-0.1, -0.05) is 0 Å². The van der Waals surface area contributed by atoms with Gasteiger partial charge >= 0.3 is 0 Å². The molecule has 0 aliphatic carbocycles.